The van der Waals surface area contributed by atoms with E-state index in [0.717, 1.165) is 58.3 Å². The first-order valence-electron chi connectivity index (χ1n) is 8.94. The Labute approximate surface area is 133 Å². The van der Waals surface area contributed by atoms with Crippen molar-refractivity contribution in [3.05, 3.63) is 0 Å². The molecule has 0 bridgehead atoms. The van der Waals surface area contributed by atoms with Crippen LogP contribution in [0.5, 0.6) is 0 Å². The molecule has 3 aliphatic rings. The average molecular weight is 307 g/mol. The van der Waals surface area contributed by atoms with Gasteiger partial charge in [0.05, 0.1) is 0 Å². The van der Waals surface area contributed by atoms with Crippen molar-refractivity contribution < 1.29 is 9.59 Å². The number of piperidine rings is 1. The SMILES string of the molecule is CNC(=O)N1CCC(C2CCN(C(=O)C3CCCC3)C2)CC1. The monoisotopic (exact) mass is 307 g/mol. The number of nitrogens with zero attached hydrogens (tertiary/aromatic N) is 2. The van der Waals surface area contributed by atoms with Gasteiger partial charge in [0.25, 0.3) is 0 Å². The molecule has 2 heterocycles. The summed E-state index contributed by atoms with van der Waals surface area (Å²) in [6, 6.07) is 0.0444. The van der Waals surface area contributed by atoms with E-state index in [1.165, 1.54) is 12.8 Å². The van der Waals surface area contributed by atoms with E-state index in [0.29, 0.717) is 23.7 Å². The standard InChI is InChI=1S/C17H29N3O2/c1-18-17(22)19-9-6-13(7-10-19)15-8-11-20(12-15)16(21)14-4-2-3-5-14/h13-15H,2-12H2,1H3,(H,18,22). The third-order valence-corrected chi connectivity index (χ3v) is 5.95. The predicted octanol–water partition coefficient (Wildman–Crippen LogP) is 2.08. The molecule has 3 fully saturated rings. The predicted molar refractivity (Wildman–Crippen MR) is 85.4 cm³/mol. The molecule has 0 radical (unpaired) electrons. The maximum atomic E-state index is 12.5. The van der Waals surface area contributed by atoms with E-state index < -0.39 is 0 Å². The van der Waals surface area contributed by atoms with Gasteiger partial charge in [0.15, 0.2) is 0 Å². The number of amides is 3. The number of rotatable bonds is 2. The zero-order valence-electron chi connectivity index (χ0n) is 13.7. The molecule has 22 heavy (non-hydrogen) atoms. The zero-order valence-corrected chi connectivity index (χ0v) is 13.7. The average Bonchev–Trinajstić information content (AvgIpc) is 3.25. The molecular formula is C17H29N3O2. The van der Waals surface area contributed by atoms with Crippen LogP contribution in [0.4, 0.5) is 4.79 Å². The van der Waals surface area contributed by atoms with Crippen LogP contribution in [0, 0.1) is 17.8 Å². The molecule has 1 N–H and O–H groups in total. The Morgan fingerprint density at radius 2 is 1.45 bits per heavy atom. The molecule has 3 amide bonds. The molecule has 5 heteroatoms. The summed E-state index contributed by atoms with van der Waals surface area (Å²) >= 11 is 0. The Bertz CT molecular complexity index is 412. The number of hydrogen-bond acceptors (Lipinski definition) is 2. The summed E-state index contributed by atoms with van der Waals surface area (Å²) in [6.07, 6.45) is 7.99. The zero-order chi connectivity index (χ0) is 15.5. The van der Waals surface area contributed by atoms with Crippen LogP contribution in [0.2, 0.25) is 0 Å². The van der Waals surface area contributed by atoms with E-state index >= 15 is 0 Å². The first-order chi connectivity index (χ1) is 10.7. The molecule has 5 nitrogen and oxygen atoms in total. The van der Waals surface area contributed by atoms with Gasteiger partial charge in [0.1, 0.15) is 0 Å². The Hall–Kier alpha value is -1.26. The van der Waals surface area contributed by atoms with Crippen molar-refractivity contribution in [2.75, 3.05) is 33.2 Å². The van der Waals surface area contributed by atoms with Gasteiger partial charge in [-0.1, -0.05) is 12.8 Å². The van der Waals surface area contributed by atoms with Crippen molar-refractivity contribution in [2.24, 2.45) is 17.8 Å². The van der Waals surface area contributed by atoms with Crippen LogP contribution < -0.4 is 5.32 Å². The number of nitrogens with one attached hydrogen (secondary N) is 1. The van der Waals surface area contributed by atoms with E-state index in [2.05, 4.69) is 10.2 Å². The highest BCUT2D eigenvalue weighted by atomic mass is 16.2. The first kappa shape index (κ1) is 15.6. The summed E-state index contributed by atoms with van der Waals surface area (Å²) in [5.74, 6) is 2.07. The van der Waals surface area contributed by atoms with Gasteiger partial charge in [0.2, 0.25) is 5.91 Å². The van der Waals surface area contributed by atoms with E-state index in [9.17, 15) is 9.59 Å². The Kier molecular flexibility index (Phi) is 4.89. The molecule has 0 aromatic rings. The maximum absolute atomic E-state index is 12.5. The van der Waals surface area contributed by atoms with E-state index in [-0.39, 0.29) is 6.03 Å². The van der Waals surface area contributed by atoms with Crippen LogP contribution in [-0.4, -0.2) is 55.0 Å². The summed E-state index contributed by atoms with van der Waals surface area (Å²) in [6.45, 7) is 3.63. The van der Waals surface area contributed by atoms with Crippen LogP contribution in [0.3, 0.4) is 0 Å². The number of urea groups is 1. The lowest BCUT2D eigenvalue weighted by atomic mass is 9.84. The van der Waals surface area contributed by atoms with Gasteiger partial charge in [-0.05, 0) is 43.9 Å². The minimum Gasteiger partial charge on any atom is -0.342 e. The molecule has 124 valence electrons. The molecule has 1 unspecified atom stereocenters. The molecule has 0 aromatic carbocycles. The van der Waals surface area contributed by atoms with Crippen molar-refractivity contribution in [3.8, 4) is 0 Å². The van der Waals surface area contributed by atoms with Gasteiger partial charge < -0.3 is 15.1 Å². The highest BCUT2D eigenvalue weighted by Gasteiger charge is 2.36. The molecule has 1 saturated carbocycles. The van der Waals surface area contributed by atoms with Gasteiger partial charge in [0, 0.05) is 39.1 Å². The fourth-order valence-electron chi connectivity index (χ4n) is 4.54. The normalized spacial score (nSPS) is 27.4. The highest BCUT2D eigenvalue weighted by Crippen LogP contribution is 2.34. The molecule has 0 aromatic heterocycles. The summed E-state index contributed by atoms with van der Waals surface area (Å²) in [7, 11) is 1.69. The molecule has 0 spiro atoms. The quantitative estimate of drug-likeness (QED) is 0.849. The Balaban J connectivity index is 1.47. The van der Waals surface area contributed by atoms with Crippen LogP contribution in [0.15, 0.2) is 0 Å². The minimum absolute atomic E-state index is 0.0444. The van der Waals surface area contributed by atoms with Crippen molar-refractivity contribution >= 4 is 11.9 Å². The lowest BCUT2D eigenvalue weighted by Gasteiger charge is -2.34. The third-order valence-electron chi connectivity index (χ3n) is 5.95. The van der Waals surface area contributed by atoms with Gasteiger partial charge in [-0.15, -0.1) is 0 Å². The summed E-state index contributed by atoms with van der Waals surface area (Å²) in [5, 5.41) is 2.71. The van der Waals surface area contributed by atoms with Gasteiger partial charge in [-0.2, -0.15) is 0 Å². The Morgan fingerprint density at radius 1 is 0.864 bits per heavy atom. The van der Waals surface area contributed by atoms with Gasteiger partial charge >= 0.3 is 6.03 Å². The fourth-order valence-corrected chi connectivity index (χ4v) is 4.54. The van der Waals surface area contributed by atoms with E-state index in [4.69, 9.17) is 0 Å². The second-order valence-electron chi connectivity index (χ2n) is 7.19. The maximum Gasteiger partial charge on any atom is 0.317 e. The van der Waals surface area contributed by atoms with Crippen molar-refractivity contribution in [2.45, 2.75) is 44.9 Å². The second-order valence-corrected chi connectivity index (χ2v) is 7.19. The molecule has 1 aliphatic carbocycles. The van der Waals surface area contributed by atoms with Gasteiger partial charge in [-0.25, -0.2) is 4.79 Å². The van der Waals surface area contributed by atoms with Crippen LogP contribution in [0.1, 0.15) is 44.9 Å². The summed E-state index contributed by atoms with van der Waals surface area (Å²) in [5.41, 5.74) is 0. The molecule has 2 saturated heterocycles. The third kappa shape index (κ3) is 3.23. The summed E-state index contributed by atoms with van der Waals surface area (Å²) < 4.78 is 0. The second kappa shape index (κ2) is 6.88. The fraction of sp³-hybridized carbons (Fsp3) is 0.882. The van der Waals surface area contributed by atoms with Gasteiger partial charge in [-0.3, -0.25) is 4.79 Å². The molecule has 2 aliphatic heterocycles. The van der Waals surface area contributed by atoms with Crippen molar-refractivity contribution in [1.29, 1.82) is 0 Å². The topological polar surface area (TPSA) is 52.7 Å². The van der Waals surface area contributed by atoms with E-state index in [1.807, 2.05) is 4.90 Å². The number of hydrogen-bond donors (Lipinski definition) is 1. The summed E-state index contributed by atoms with van der Waals surface area (Å²) in [4.78, 5) is 28.2. The molecular weight excluding hydrogens is 278 g/mol. The molecule has 3 rings (SSSR count). The van der Waals surface area contributed by atoms with Crippen LogP contribution in [0.25, 0.3) is 0 Å². The van der Waals surface area contributed by atoms with E-state index in [1.54, 1.807) is 7.05 Å². The van der Waals surface area contributed by atoms with Crippen LogP contribution in [-0.2, 0) is 4.79 Å². The number of likely N-dealkylation sites (tertiary alicyclic amines) is 2. The molecule has 1 atom stereocenters. The largest absolute Gasteiger partial charge is 0.342 e. The highest BCUT2D eigenvalue weighted by molar-refractivity contribution is 5.79. The lowest BCUT2D eigenvalue weighted by Crippen LogP contribution is -2.44. The lowest BCUT2D eigenvalue weighted by molar-refractivity contribution is -0.134. The minimum atomic E-state index is 0.0444. The smallest absolute Gasteiger partial charge is 0.317 e. The van der Waals surface area contributed by atoms with Crippen molar-refractivity contribution in [1.82, 2.24) is 15.1 Å². The first-order valence-corrected chi connectivity index (χ1v) is 8.94. The number of carbonyl (C=O) groups is 2. The van der Waals surface area contributed by atoms with Crippen LogP contribution >= 0.6 is 0 Å². The van der Waals surface area contributed by atoms with Crippen molar-refractivity contribution in [3.63, 3.8) is 0 Å². The Morgan fingerprint density at radius 3 is 2.09 bits per heavy atom. The number of carbonyl (C=O) groups excluding carboxylic acids is 2.